The molecule has 0 spiro atoms. The third-order valence-electron chi connectivity index (χ3n) is 1.55. The van der Waals surface area contributed by atoms with Crippen molar-refractivity contribution in [1.29, 1.82) is 0 Å². The minimum atomic E-state index is -0.535. The van der Waals surface area contributed by atoms with Crippen LogP contribution in [0.2, 0.25) is 5.02 Å². The Labute approximate surface area is 93.4 Å². The molecule has 1 rings (SSSR count). The predicted molar refractivity (Wildman–Crippen MR) is 59.9 cm³/mol. The van der Waals surface area contributed by atoms with Gasteiger partial charge >= 0.3 is 6.09 Å². The van der Waals surface area contributed by atoms with Gasteiger partial charge in [-0.05, 0) is 18.2 Å². The van der Waals surface area contributed by atoms with Gasteiger partial charge in [0, 0.05) is 17.1 Å². The first kappa shape index (κ1) is 11.4. The fraction of sp³-hybridized carbons (Fsp3) is 0.182. The maximum absolute atomic E-state index is 11.2. The zero-order chi connectivity index (χ0) is 11.1. The van der Waals surface area contributed by atoms with Crippen LogP contribution in [0.4, 0.5) is 10.5 Å². The quantitative estimate of drug-likeness (QED) is 0.632. The first-order chi connectivity index (χ1) is 7.22. The summed E-state index contributed by atoms with van der Waals surface area (Å²) >= 11 is 5.74. The number of carbonyl (C=O) groups excluding carboxylic acids is 1. The minimum absolute atomic E-state index is 0.211. The van der Waals surface area contributed by atoms with Crippen molar-refractivity contribution in [1.82, 2.24) is 0 Å². The van der Waals surface area contributed by atoms with E-state index in [-0.39, 0.29) is 6.61 Å². The molecule has 1 N–H and O–H groups in total. The van der Waals surface area contributed by atoms with Crippen molar-refractivity contribution >= 4 is 23.4 Å². The molecule has 0 saturated carbocycles. The number of rotatable bonds is 3. The zero-order valence-corrected chi connectivity index (χ0v) is 8.75. The van der Waals surface area contributed by atoms with E-state index >= 15 is 0 Å². The van der Waals surface area contributed by atoms with Crippen LogP contribution in [0, 0.1) is 12.3 Å². The van der Waals surface area contributed by atoms with Crippen molar-refractivity contribution in [3.05, 3.63) is 29.3 Å². The Kier molecular flexibility index (Phi) is 4.52. The summed E-state index contributed by atoms with van der Waals surface area (Å²) < 4.78 is 4.79. The monoisotopic (exact) mass is 223 g/mol. The van der Waals surface area contributed by atoms with Gasteiger partial charge in [0.2, 0.25) is 0 Å². The molecule has 4 heteroatoms. The van der Waals surface area contributed by atoms with Crippen LogP contribution in [0.25, 0.3) is 0 Å². The number of amides is 1. The van der Waals surface area contributed by atoms with Crippen molar-refractivity contribution < 1.29 is 9.53 Å². The van der Waals surface area contributed by atoms with Crippen LogP contribution in [0.15, 0.2) is 24.3 Å². The van der Waals surface area contributed by atoms with Crippen LogP contribution in [-0.2, 0) is 4.74 Å². The van der Waals surface area contributed by atoms with Crippen LogP contribution < -0.4 is 5.32 Å². The molecule has 15 heavy (non-hydrogen) atoms. The van der Waals surface area contributed by atoms with E-state index in [1.807, 2.05) is 0 Å². The van der Waals surface area contributed by atoms with Gasteiger partial charge in [0.05, 0.1) is 0 Å². The molecule has 0 atom stereocenters. The van der Waals surface area contributed by atoms with Crippen LogP contribution in [0.3, 0.4) is 0 Å². The lowest BCUT2D eigenvalue weighted by Gasteiger charge is -2.05. The first-order valence-corrected chi connectivity index (χ1v) is 4.73. The summed E-state index contributed by atoms with van der Waals surface area (Å²) in [5, 5.41) is 3.08. The molecule has 0 saturated heterocycles. The van der Waals surface area contributed by atoms with Gasteiger partial charge in [0.15, 0.2) is 0 Å². The van der Waals surface area contributed by atoms with E-state index in [2.05, 4.69) is 11.2 Å². The molecule has 1 aromatic rings. The topological polar surface area (TPSA) is 38.3 Å². The second-order valence-electron chi connectivity index (χ2n) is 2.73. The van der Waals surface area contributed by atoms with Crippen molar-refractivity contribution in [3.63, 3.8) is 0 Å². The highest BCUT2D eigenvalue weighted by Crippen LogP contribution is 2.14. The molecular formula is C11H10ClNO2. The molecule has 0 aromatic heterocycles. The number of anilines is 1. The maximum atomic E-state index is 11.2. The summed E-state index contributed by atoms with van der Waals surface area (Å²) in [4.78, 5) is 11.2. The lowest BCUT2D eigenvalue weighted by Crippen LogP contribution is -2.14. The molecule has 0 heterocycles. The maximum Gasteiger partial charge on any atom is 0.411 e. The number of halogens is 1. The van der Waals surface area contributed by atoms with Crippen molar-refractivity contribution in [2.45, 2.75) is 6.42 Å². The van der Waals surface area contributed by atoms with Gasteiger partial charge in [-0.15, -0.1) is 12.3 Å². The number of hydrogen-bond acceptors (Lipinski definition) is 2. The molecule has 0 aliphatic carbocycles. The second kappa shape index (κ2) is 5.94. The molecule has 0 radical (unpaired) electrons. The zero-order valence-electron chi connectivity index (χ0n) is 8.00. The molecule has 0 unspecified atom stereocenters. The molecule has 0 fully saturated rings. The first-order valence-electron chi connectivity index (χ1n) is 4.35. The van der Waals surface area contributed by atoms with Gasteiger partial charge in [0.25, 0.3) is 0 Å². The predicted octanol–water partition coefficient (Wildman–Crippen LogP) is 2.91. The number of nitrogens with one attached hydrogen (secondary N) is 1. The number of hydrogen-bond donors (Lipinski definition) is 1. The third kappa shape index (κ3) is 4.39. The van der Waals surface area contributed by atoms with Crippen molar-refractivity contribution in [2.24, 2.45) is 0 Å². The van der Waals surface area contributed by atoms with E-state index in [0.29, 0.717) is 17.1 Å². The van der Waals surface area contributed by atoms with Gasteiger partial charge in [0.1, 0.15) is 6.61 Å². The third-order valence-corrected chi connectivity index (χ3v) is 1.79. The summed E-state index contributed by atoms with van der Waals surface area (Å²) in [5.74, 6) is 2.37. The number of ether oxygens (including phenoxy) is 1. The highest BCUT2D eigenvalue weighted by molar-refractivity contribution is 6.30. The summed E-state index contributed by atoms with van der Waals surface area (Å²) in [6.07, 6.45) is 4.88. The van der Waals surface area contributed by atoms with Crippen LogP contribution in [0.5, 0.6) is 0 Å². The molecule has 78 valence electrons. The lowest BCUT2D eigenvalue weighted by molar-refractivity contribution is 0.164. The smallest absolute Gasteiger partial charge is 0.411 e. The van der Waals surface area contributed by atoms with Gasteiger partial charge in [-0.2, -0.15) is 0 Å². The standard InChI is InChI=1S/C11H10ClNO2/c1-2-3-7-15-11(14)13-10-6-4-5-9(12)8-10/h1,4-6,8H,3,7H2,(H,13,14). The van der Waals surface area contributed by atoms with E-state index in [1.165, 1.54) is 0 Å². The SMILES string of the molecule is C#CCCOC(=O)Nc1cccc(Cl)c1. The van der Waals surface area contributed by atoms with Crippen molar-refractivity contribution in [2.75, 3.05) is 11.9 Å². The van der Waals surface area contributed by atoms with E-state index < -0.39 is 6.09 Å². The Balaban J connectivity index is 2.42. The van der Waals surface area contributed by atoms with Gasteiger partial charge in [-0.3, -0.25) is 5.32 Å². The Morgan fingerprint density at radius 1 is 1.60 bits per heavy atom. The van der Waals surface area contributed by atoms with Crippen LogP contribution in [0.1, 0.15) is 6.42 Å². The van der Waals surface area contributed by atoms with E-state index in [1.54, 1.807) is 24.3 Å². The molecule has 1 aromatic carbocycles. The Bertz CT molecular complexity index is 384. The summed E-state index contributed by atoms with van der Waals surface area (Å²) in [5.41, 5.74) is 0.591. The van der Waals surface area contributed by atoms with Gasteiger partial charge < -0.3 is 4.74 Å². The fourth-order valence-corrected chi connectivity index (χ4v) is 1.11. The average molecular weight is 224 g/mol. The molecule has 3 nitrogen and oxygen atoms in total. The Morgan fingerprint density at radius 2 is 2.40 bits per heavy atom. The highest BCUT2D eigenvalue weighted by atomic mass is 35.5. The second-order valence-corrected chi connectivity index (χ2v) is 3.16. The largest absolute Gasteiger partial charge is 0.448 e. The molecule has 0 aliphatic heterocycles. The highest BCUT2D eigenvalue weighted by Gasteiger charge is 2.02. The van der Waals surface area contributed by atoms with E-state index in [9.17, 15) is 4.79 Å². The molecule has 1 amide bonds. The van der Waals surface area contributed by atoms with Crippen molar-refractivity contribution in [3.8, 4) is 12.3 Å². The summed E-state index contributed by atoms with van der Waals surface area (Å²) in [6, 6.07) is 6.80. The normalized spacial score (nSPS) is 9.07. The molecule has 0 aliphatic rings. The summed E-state index contributed by atoms with van der Waals surface area (Å²) in [6.45, 7) is 0.211. The van der Waals surface area contributed by atoms with Crippen LogP contribution >= 0.6 is 11.6 Å². The van der Waals surface area contributed by atoms with E-state index in [4.69, 9.17) is 22.8 Å². The fourth-order valence-electron chi connectivity index (χ4n) is 0.923. The lowest BCUT2D eigenvalue weighted by atomic mass is 10.3. The van der Waals surface area contributed by atoms with Gasteiger partial charge in [-0.25, -0.2) is 4.79 Å². The number of benzene rings is 1. The number of carbonyl (C=O) groups is 1. The minimum Gasteiger partial charge on any atom is -0.448 e. The average Bonchev–Trinajstić information content (AvgIpc) is 2.18. The summed E-state index contributed by atoms with van der Waals surface area (Å²) in [7, 11) is 0. The van der Waals surface area contributed by atoms with Gasteiger partial charge in [-0.1, -0.05) is 17.7 Å². The molecular weight excluding hydrogens is 214 g/mol. The Hall–Kier alpha value is -1.66. The van der Waals surface area contributed by atoms with E-state index in [0.717, 1.165) is 0 Å². The van der Waals surface area contributed by atoms with Crippen LogP contribution in [-0.4, -0.2) is 12.7 Å². The Morgan fingerprint density at radius 3 is 3.07 bits per heavy atom. The molecule has 0 bridgehead atoms. The number of terminal acetylenes is 1.